The fourth-order valence-corrected chi connectivity index (χ4v) is 4.21. The largest absolute Gasteiger partial charge is 0.495 e. The number of nitrogens with one attached hydrogen (secondary N) is 2. The third-order valence-electron chi connectivity index (χ3n) is 5.81. The second-order valence-corrected chi connectivity index (χ2v) is 7.99. The van der Waals surface area contributed by atoms with E-state index >= 15 is 0 Å². The number of guanidine groups is 1. The quantitative estimate of drug-likeness (QED) is 0.409. The fraction of sp³-hybridized carbons (Fsp3) is 0.400. The van der Waals surface area contributed by atoms with Crippen LogP contribution in [-0.2, 0) is 6.54 Å². The molecule has 2 aliphatic rings. The van der Waals surface area contributed by atoms with Crippen molar-refractivity contribution in [2.45, 2.75) is 25.9 Å². The maximum Gasteiger partial charge on any atom is 0.191 e. The van der Waals surface area contributed by atoms with Crippen LogP contribution in [0, 0.1) is 0 Å². The van der Waals surface area contributed by atoms with Crippen LogP contribution >= 0.6 is 0 Å². The van der Waals surface area contributed by atoms with Crippen LogP contribution in [0.3, 0.4) is 0 Å². The van der Waals surface area contributed by atoms with Crippen LogP contribution in [0.1, 0.15) is 18.9 Å². The lowest BCUT2D eigenvalue weighted by Crippen LogP contribution is -2.44. The lowest BCUT2D eigenvalue weighted by Gasteiger charge is -2.22. The van der Waals surface area contributed by atoms with Gasteiger partial charge in [0.25, 0.3) is 0 Å². The summed E-state index contributed by atoms with van der Waals surface area (Å²) >= 11 is 0. The molecule has 2 aromatic carbocycles. The minimum atomic E-state index is 0.352. The van der Waals surface area contributed by atoms with Gasteiger partial charge in [-0.3, -0.25) is 0 Å². The number of nitrogens with zero attached hydrogens (tertiary/aromatic N) is 3. The second-order valence-electron chi connectivity index (χ2n) is 7.99. The summed E-state index contributed by atoms with van der Waals surface area (Å²) in [6, 6.07) is 17.3. The molecule has 2 N–H and O–H groups in total. The first-order chi connectivity index (χ1) is 15.3. The Kier molecular flexibility index (Phi) is 6.97. The van der Waals surface area contributed by atoms with E-state index in [0.29, 0.717) is 12.6 Å². The molecule has 2 aromatic rings. The van der Waals surface area contributed by atoms with E-state index in [2.05, 4.69) is 75.9 Å². The zero-order chi connectivity index (χ0) is 21.5. The van der Waals surface area contributed by atoms with Gasteiger partial charge in [0.05, 0.1) is 19.3 Å². The first-order valence-corrected chi connectivity index (χ1v) is 11.2. The van der Waals surface area contributed by atoms with Crippen molar-refractivity contribution in [3.8, 4) is 5.75 Å². The Morgan fingerprint density at radius 3 is 2.74 bits per heavy atom. The monoisotopic (exact) mass is 419 g/mol. The fourth-order valence-electron chi connectivity index (χ4n) is 4.21. The highest BCUT2D eigenvalue weighted by atomic mass is 16.5. The molecule has 0 saturated carbocycles. The maximum atomic E-state index is 5.54. The van der Waals surface area contributed by atoms with Gasteiger partial charge in [0.15, 0.2) is 5.96 Å². The Labute approximate surface area is 185 Å². The molecule has 31 heavy (non-hydrogen) atoms. The molecular weight excluding hydrogens is 386 g/mol. The number of ether oxygens (including phenoxy) is 1. The molecule has 0 aliphatic carbocycles. The third-order valence-corrected chi connectivity index (χ3v) is 5.81. The molecule has 1 unspecified atom stereocenters. The van der Waals surface area contributed by atoms with E-state index in [1.54, 1.807) is 7.11 Å². The molecule has 1 fully saturated rings. The number of rotatable bonds is 7. The van der Waals surface area contributed by atoms with Crippen LogP contribution in [-0.4, -0.2) is 51.8 Å². The van der Waals surface area contributed by atoms with Crippen LogP contribution < -0.4 is 25.2 Å². The predicted octanol–water partition coefficient (Wildman–Crippen LogP) is 3.41. The van der Waals surface area contributed by atoms with E-state index in [-0.39, 0.29) is 0 Å². The first-order valence-electron chi connectivity index (χ1n) is 11.2. The Balaban J connectivity index is 1.38. The summed E-state index contributed by atoms with van der Waals surface area (Å²) in [5.74, 6) is 1.81. The average molecular weight is 420 g/mol. The second kappa shape index (κ2) is 10.2. The van der Waals surface area contributed by atoms with Crippen molar-refractivity contribution in [2.24, 2.45) is 4.99 Å². The van der Waals surface area contributed by atoms with Crippen LogP contribution in [0.5, 0.6) is 5.75 Å². The first kappa shape index (κ1) is 21.1. The highest BCUT2D eigenvalue weighted by Crippen LogP contribution is 2.30. The number of hydrogen-bond acceptors (Lipinski definition) is 4. The molecule has 2 heterocycles. The predicted molar refractivity (Wildman–Crippen MR) is 129 cm³/mol. The number of para-hydroxylation sites is 2. The van der Waals surface area contributed by atoms with Gasteiger partial charge in [0.1, 0.15) is 5.75 Å². The van der Waals surface area contributed by atoms with Gasteiger partial charge in [-0.2, -0.15) is 0 Å². The summed E-state index contributed by atoms with van der Waals surface area (Å²) in [4.78, 5) is 9.61. The molecule has 0 radical (unpaired) electrons. The van der Waals surface area contributed by atoms with E-state index in [4.69, 9.17) is 9.73 Å². The van der Waals surface area contributed by atoms with Gasteiger partial charge < -0.3 is 25.2 Å². The van der Waals surface area contributed by atoms with Crippen LogP contribution in [0.4, 0.5) is 11.4 Å². The standard InChI is InChI=1S/C25H33N5O/c1-3-26-25(27-18-20-9-8-10-22(17-20)29-14-6-7-15-29)28-21-13-16-30(19-21)23-11-4-5-12-24(23)31-2/h4-12,17,21H,3,13-16,18-19H2,1-2H3,(H2,26,27,28). The van der Waals surface area contributed by atoms with Gasteiger partial charge in [0, 0.05) is 44.5 Å². The van der Waals surface area contributed by atoms with Crippen LogP contribution in [0.15, 0.2) is 65.7 Å². The SMILES string of the molecule is CCNC(=NCc1cccc(N2CC=CC2)c1)NC1CCN(c2ccccc2OC)C1. The van der Waals surface area contributed by atoms with E-state index in [0.717, 1.165) is 56.5 Å². The van der Waals surface area contributed by atoms with Crippen LogP contribution in [0.2, 0.25) is 0 Å². The maximum absolute atomic E-state index is 5.54. The number of benzene rings is 2. The zero-order valence-electron chi connectivity index (χ0n) is 18.6. The van der Waals surface area contributed by atoms with E-state index < -0.39 is 0 Å². The molecule has 0 spiro atoms. The summed E-state index contributed by atoms with van der Waals surface area (Å²) in [6.07, 6.45) is 5.50. The number of methoxy groups -OCH3 is 1. The van der Waals surface area contributed by atoms with Crippen molar-refractivity contribution < 1.29 is 4.74 Å². The Morgan fingerprint density at radius 1 is 1.10 bits per heavy atom. The molecule has 2 aliphatic heterocycles. The minimum absolute atomic E-state index is 0.352. The Bertz CT molecular complexity index is 918. The van der Waals surface area contributed by atoms with E-state index in [1.807, 2.05) is 12.1 Å². The third kappa shape index (κ3) is 5.32. The zero-order valence-corrected chi connectivity index (χ0v) is 18.6. The van der Waals surface area contributed by atoms with Crippen molar-refractivity contribution >= 4 is 17.3 Å². The number of anilines is 2. The molecule has 1 atom stereocenters. The molecule has 164 valence electrons. The van der Waals surface area contributed by atoms with Crippen LogP contribution in [0.25, 0.3) is 0 Å². The molecule has 0 aromatic heterocycles. The lowest BCUT2D eigenvalue weighted by atomic mass is 10.2. The normalized spacial score (nSPS) is 18.5. The smallest absolute Gasteiger partial charge is 0.191 e. The summed E-state index contributed by atoms with van der Waals surface area (Å²) in [7, 11) is 1.73. The minimum Gasteiger partial charge on any atom is -0.495 e. The summed E-state index contributed by atoms with van der Waals surface area (Å²) in [5, 5.41) is 7.03. The van der Waals surface area contributed by atoms with E-state index in [9.17, 15) is 0 Å². The summed E-state index contributed by atoms with van der Waals surface area (Å²) < 4.78 is 5.54. The van der Waals surface area contributed by atoms with Crippen molar-refractivity contribution in [1.82, 2.24) is 10.6 Å². The van der Waals surface area contributed by atoms with Crippen molar-refractivity contribution in [3.05, 3.63) is 66.2 Å². The van der Waals surface area contributed by atoms with Gasteiger partial charge in [-0.15, -0.1) is 0 Å². The Morgan fingerprint density at radius 2 is 1.94 bits per heavy atom. The topological polar surface area (TPSA) is 52.1 Å². The molecular formula is C25H33N5O. The Hall–Kier alpha value is -3.15. The van der Waals surface area contributed by atoms with Crippen molar-refractivity contribution in [1.29, 1.82) is 0 Å². The highest BCUT2D eigenvalue weighted by Gasteiger charge is 2.25. The van der Waals surface area contributed by atoms with E-state index in [1.165, 1.54) is 11.3 Å². The highest BCUT2D eigenvalue weighted by molar-refractivity contribution is 5.80. The summed E-state index contributed by atoms with van der Waals surface area (Å²) in [6.45, 7) is 7.52. The number of hydrogen-bond donors (Lipinski definition) is 2. The molecule has 1 saturated heterocycles. The average Bonchev–Trinajstić information content (AvgIpc) is 3.50. The van der Waals surface area contributed by atoms with Gasteiger partial charge in [0.2, 0.25) is 0 Å². The van der Waals surface area contributed by atoms with Gasteiger partial charge in [-0.25, -0.2) is 4.99 Å². The van der Waals surface area contributed by atoms with Crippen molar-refractivity contribution in [3.63, 3.8) is 0 Å². The summed E-state index contributed by atoms with van der Waals surface area (Å²) in [5.41, 5.74) is 3.65. The molecule has 4 rings (SSSR count). The molecule has 6 heteroatoms. The van der Waals surface area contributed by atoms with Crippen molar-refractivity contribution in [2.75, 3.05) is 49.6 Å². The molecule has 0 bridgehead atoms. The lowest BCUT2D eigenvalue weighted by molar-refractivity contribution is 0.415. The van der Waals surface area contributed by atoms with Gasteiger partial charge in [-0.1, -0.05) is 36.4 Å². The molecule has 0 amide bonds. The molecule has 6 nitrogen and oxygen atoms in total. The van der Waals surface area contributed by atoms with Gasteiger partial charge in [-0.05, 0) is 43.2 Å². The van der Waals surface area contributed by atoms with Gasteiger partial charge >= 0.3 is 0 Å². The number of aliphatic imine (C=N–C) groups is 1.